The number of nitrogens with one attached hydrogen (secondary N) is 1. The van der Waals surface area contributed by atoms with Crippen LogP contribution in [0.4, 0.5) is 0 Å². The van der Waals surface area contributed by atoms with Crippen molar-refractivity contribution < 1.29 is 4.74 Å². The third-order valence-corrected chi connectivity index (χ3v) is 5.88. The Labute approximate surface area is 125 Å². The Morgan fingerprint density at radius 3 is 2.60 bits per heavy atom. The van der Waals surface area contributed by atoms with Crippen LogP contribution in [0.25, 0.3) is 0 Å². The summed E-state index contributed by atoms with van der Waals surface area (Å²) < 4.78 is 5.90. The quantitative estimate of drug-likeness (QED) is 0.810. The third-order valence-electron chi connectivity index (χ3n) is 5.88. The topological polar surface area (TPSA) is 24.5 Å². The fraction of sp³-hybridized carbons (Fsp3) is 1.00. The Hall–Kier alpha value is -0.120. The molecule has 3 atom stereocenters. The van der Waals surface area contributed by atoms with Crippen LogP contribution in [0.2, 0.25) is 0 Å². The van der Waals surface area contributed by atoms with Crippen LogP contribution in [0.3, 0.4) is 0 Å². The van der Waals surface area contributed by atoms with Gasteiger partial charge in [-0.3, -0.25) is 4.90 Å². The summed E-state index contributed by atoms with van der Waals surface area (Å²) in [5.74, 6) is 0.758. The van der Waals surface area contributed by atoms with E-state index in [2.05, 4.69) is 37.9 Å². The summed E-state index contributed by atoms with van der Waals surface area (Å²) in [5, 5.41) is 3.83. The van der Waals surface area contributed by atoms with E-state index in [4.69, 9.17) is 4.74 Å². The van der Waals surface area contributed by atoms with Gasteiger partial charge in [-0.2, -0.15) is 0 Å². The third kappa shape index (κ3) is 3.37. The molecule has 0 aromatic rings. The smallest absolute Gasteiger partial charge is 0.0703 e. The van der Waals surface area contributed by atoms with Crippen LogP contribution >= 0.6 is 0 Å². The standard InChI is InChI=1S/C17H34N2O/c1-5-14(4)16-12-19(11-15-9-8-10-20-15)17(6-2,7-3)13-18-16/h14-16,18H,5-13H2,1-4H3. The molecule has 3 unspecified atom stereocenters. The lowest BCUT2D eigenvalue weighted by molar-refractivity contribution is -0.0193. The van der Waals surface area contributed by atoms with E-state index in [1.165, 1.54) is 38.6 Å². The van der Waals surface area contributed by atoms with Gasteiger partial charge in [0.25, 0.3) is 0 Å². The van der Waals surface area contributed by atoms with Gasteiger partial charge >= 0.3 is 0 Å². The molecular weight excluding hydrogens is 248 g/mol. The molecule has 3 nitrogen and oxygen atoms in total. The van der Waals surface area contributed by atoms with Gasteiger partial charge in [0, 0.05) is 37.8 Å². The van der Waals surface area contributed by atoms with Crippen molar-refractivity contribution in [3.05, 3.63) is 0 Å². The second-order valence-corrected chi connectivity index (χ2v) is 6.84. The molecule has 0 radical (unpaired) electrons. The first-order chi connectivity index (χ1) is 9.65. The maximum Gasteiger partial charge on any atom is 0.0703 e. The first-order valence-electron chi connectivity index (χ1n) is 8.75. The molecule has 2 aliphatic heterocycles. The molecule has 0 spiro atoms. The highest BCUT2D eigenvalue weighted by Crippen LogP contribution is 2.30. The monoisotopic (exact) mass is 282 g/mol. The first kappa shape index (κ1) is 16.3. The van der Waals surface area contributed by atoms with Gasteiger partial charge in [-0.1, -0.05) is 34.1 Å². The molecule has 3 heteroatoms. The number of hydrogen-bond acceptors (Lipinski definition) is 3. The molecule has 2 heterocycles. The Kier molecular flexibility index (Phi) is 5.88. The Bertz CT molecular complexity index is 285. The average molecular weight is 282 g/mol. The van der Waals surface area contributed by atoms with Crippen molar-refractivity contribution in [2.24, 2.45) is 5.92 Å². The predicted molar refractivity (Wildman–Crippen MR) is 85.1 cm³/mol. The van der Waals surface area contributed by atoms with Crippen LogP contribution in [0, 0.1) is 5.92 Å². The fourth-order valence-electron chi connectivity index (χ4n) is 3.84. The van der Waals surface area contributed by atoms with Crippen LogP contribution < -0.4 is 5.32 Å². The van der Waals surface area contributed by atoms with Crippen molar-refractivity contribution in [1.29, 1.82) is 0 Å². The molecule has 2 aliphatic rings. The van der Waals surface area contributed by atoms with Crippen molar-refractivity contribution in [2.75, 3.05) is 26.2 Å². The predicted octanol–water partition coefficient (Wildman–Crippen LogP) is 3.04. The molecule has 0 bridgehead atoms. The lowest BCUT2D eigenvalue weighted by atomic mass is 9.84. The number of rotatable bonds is 6. The fourth-order valence-corrected chi connectivity index (χ4v) is 3.84. The van der Waals surface area contributed by atoms with Crippen LogP contribution in [0.1, 0.15) is 59.8 Å². The summed E-state index contributed by atoms with van der Waals surface area (Å²) in [6.07, 6.45) is 6.70. The molecular formula is C17H34N2O. The molecule has 0 aromatic heterocycles. The minimum atomic E-state index is 0.343. The maximum atomic E-state index is 5.90. The second kappa shape index (κ2) is 7.24. The normalized spacial score (nSPS) is 32.4. The second-order valence-electron chi connectivity index (χ2n) is 6.84. The summed E-state index contributed by atoms with van der Waals surface area (Å²) in [4.78, 5) is 2.76. The van der Waals surface area contributed by atoms with Gasteiger partial charge in [0.05, 0.1) is 6.10 Å². The van der Waals surface area contributed by atoms with Gasteiger partial charge in [-0.05, 0) is 31.6 Å². The van der Waals surface area contributed by atoms with E-state index in [0.29, 0.717) is 17.7 Å². The summed E-state index contributed by atoms with van der Waals surface area (Å²) in [6.45, 7) is 13.8. The zero-order valence-electron chi connectivity index (χ0n) is 14.0. The largest absolute Gasteiger partial charge is 0.377 e. The minimum Gasteiger partial charge on any atom is -0.377 e. The van der Waals surface area contributed by atoms with E-state index in [1.807, 2.05) is 0 Å². The zero-order valence-corrected chi connectivity index (χ0v) is 14.0. The lowest BCUT2D eigenvalue weighted by Crippen LogP contribution is -2.66. The van der Waals surface area contributed by atoms with Crippen molar-refractivity contribution in [3.8, 4) is 0 Å². The van der Waals surface area contributed by atoms with Crippen molar-refractivity contribution in [3.63, 3.8) is 0 Å². The lowest BCUT2D eigenvalue weighted by Gasteiger charge is -2.51. The molecule has 1 N–H and O–H groups in total. The van der Waals surface area contributed by atoms with E-state index in [9.17, 15) is 0 Å². The van der Waals surface area contributed by atoms with E-state index >= 15 is 0 Å². The van der Waals surface area contributed by atoms with E-state index in [-0.39, 0.29) is 0 Å². The van der Waals surface area contributed by atoms with Gasteiger partial charge in [0.1, 0.15) is 0 Å². The van der Waals surface area contributed by atoms with Crippen LogP contribution in [0.15, 0.2) is 0 Å². The van der Waals surface area contributed by atoms with Crippen LogP contribution in [-0.2, 0) is 4.74 Å². The van der Waals surface area contributed by atoms with Crippen molar-refractivity contribution in [2.45, 2.75) is 77.5 Å². The van der Waals surface area contributed by atoms with Gasteiger partial charge in [-0.25, -0.2) is 0 Å². The Balaban J connectivity index is 2.05. The molecule has 0 saturated carbocycles. The maximum absolute atomic E-state index is 5.90. The van der Waals surface area contributed by atoms with E-state index in [1.54, 1.807) is 0 Å². The summed E-state index contributed by atoms with van der Waals surface area (Å²) in [6, 6.07) is 0.646. The number of nitrogens with zero attached hydrogens (tertiary/aromatic N) is 1. The molecule has 2 saturated heterocycles. The van der Waals surface area contributed by atoms with Gasteiger partial charge in [0.15, 0.2) is 0 Å². The van der Waals surface area contributed by atoms with Crippen molar-refractivity contribution >= 4 is 0 Å². The van der Waals surface area contributed by atoms with Gasteiger partial charge in [-0.15, -0.1) is 0 Å². The van der Waals surface area contributed by atoms with E-state index in [0.717, 1.165) is 25.6 Å². The molecule has 2 rings (SSSR count). The highest BCUT2D eigenvalue weighted by atomic mass is 16.5. The number of ether oxygens (including phenoxy) is 1. The highest BCUT2D eigenvalue weighted by molar-refractivity contribution is 4.99. The molecule has 20 heavy (non-hydrogen) atoms. The first-order valence-corrected chi connectivity index (χ1v) is 8.75. The Morgan fingerprint density at radius 2 is 2.05 bits per heavy atom. The summed E-state index contributed by atoms with van der Waals surface area (Å²) in [7, 11) is 0. The van der Waals surface area contributed by atoms with Crippen LogP contribution in [0.5, 0.6) is 0 Å². The minimum absolute atomic E-state index is 0.343. The van der Waals surface area contributed by atoms with Gasteiger partial charge in [0.2, 0.25) is 0 Å². The average Bonchev–Trinajstić information content (AvgIpc) is 2.99. The zero-order chi connectivity index (χ0) is 14.6. The highest BCUT2D eigenvalue weighted by Gasteiger charge is 2.41. The molecule has 118 valence electrons. The Morgan fingerprint density at radius 1 is 1.30 bits per heavy atom. The molecule has 0 amide bonds. The number of hydrogen-bond donors (Lipinski definition) is 1. The summed E-state index contributed by atoms with van der Waals surface area (Å²) in [5.41, 5.74) is 0.343. The SMILES string of the molecule is CCC(C)C1CN(CC2CCCO2)C(CC)(CC)CN1. The summed E-state index contributed by atoms with van der Waals surface area (Å²) >= 11 is 0. The molecule has 0 aliphatic carbocycles. The molecule has 2 fully saturated rings. The van der Waals surface area contributed by atoms with Crippen molar-refractivity contribution in [1.82, 2.24) is 10.2 Å². The van der Waals surface area contributed by atoms with Crippen LogP contribution in [-0.4, -0.2) is 48.8 Å². The van der Waals surface area contributed by atoms with Gasteiger partial charge < -0.3 is 10.1 Å². The van der Waals surface area contributed by atoms with E-state index < -0.39 is 0 Å². The molecule has 0 aromatic carbocycles. The number of piperazine rings is 1.